The topological polar surface area (TPSA) is 73.5 Å². The average molecular weight is 258 g/mol. The van der Waals surface area contributed by atoms with E-state index in [0.717, 1.165) is 0 Å². The summed E-state index contributed by atoms with van der Waals surface area (Å²) in [7, 11) is -0.111. The van der Waals surface area contributed by atoms with Gasteiger partial charge in [-0.3, -0.25) is 5.41 Å². The number of hydrogen-bond acceptors (Lipinski definition) is 4. The number of ether oxygens (including phenoxy) is 1. The second kappa shape index (κ2) is 4.59. The number of rotatable bonds is 2. The lowest BCUT2D eigenvalue weighted by Crippen LogP contribution is -2.31. The molecule has 0 radical (unpaired) electrons. The summed E-state index contributed by atoms with van der Waals surface area (Å²) in [4.78, 5) is 0. The van der Waals surface area contributed by atoms with E-state index in [9.17, 15) is 0 Å². The van der Waals surface area contributed by atoms with Crippen molar-refractivity contribution in [2.75, 3.05) is 7.11 Å². The molecule has 6 heteroatoms. The Bertz CT molecular complexity index is 356. The van der Waals surface area contributed by atoms with Crippen molar-refractivity contribution in [1.82, 2.24) is 0 Å². The maximum atomic E-state index is 8.93. The monoisotopic (exact) mass is 257 g/mol. The predicted molar refractivity (Wildman–Crippen MR) is 57.8 cm³/mol. The fraction of sp³-hybridized carbons (Fsp3) is 0.125. The van der Waals surface area contributed by atoms with E-state index < -0.39 is 7.12 Å². The Balaban J connectivity index is 3.06. The molecule has 0 aliphatic heterocycles. The van der Waals surface area contributed by atoms with Gasteiger partial charge in [-0.15, -0.1) is 0 Å². The van der Waals surface area contributed by atoms with Crippen LogP contribution in [0, 0.1) is 5.41 Å². The summed E-state index contributed by atoms with van der Waals surface area (Å²) in [5, 5.41) is 25.2. The van der Waals surface area contributed by atoms with Crippen LogP contribution in [0.2, 0.25) is 0 Å². The molecule has 0 fully saturated rings. The minimum absolute atomic E-state index is 0.0321. The third-order valence-corrected chi connectivity index (χ3v) is 2.43. The maximum absolute atomic E-state index is 8.93. The first kappa shape index (κ1) is 11.2. The van der Waals surface area contributed by atoms with Crippen LogP contribution in [0.5, 0.6) is 0 Å². The lowest BCUT2D eigenvalue weighted by Gasteiger charge is -2.06. The molecule has 0 bridgehead atoms. The zero-order valence-electron chi connectivity index (χ0n) is 7.49. The summed E-state index contributed by atoms with van der Waals surface area (Å²) in [6, 6.07) is 4.71. The molecule has 74 valence electrons. The van der Waals surface area contributed by atoms with E-state index in [4.69, 9.17) is 20.2 Å². The number of benzene rings is 1. The van der Waals surface area contributed by atoms with Crippen molar-refractivity contribution in [3.05, 3.63) is 28.2 Å². The standard InChI is InChI=1S/C8H9BBrNO3/c1-14-8(11)5-2-3-6(9(12)13)7(10)4-5/h2-4,11-13H,1H3. The van der Waals surface area contributed by atoms with Gasteiger partial charge in [-0.05, 0) is 17.6 Å². The highest BCUT2D eigenvalue weighted by Crippen LogP contribution is 2.11. The van der Waals surface area contributed by atoms with Crippen LogP contribution in [0.3, 0.4) is 0 Å². The van der Waals surface area contributed by atoms with Crippen LogP contribution in [0.1, 0.15) is 5.56 Å². The van der Waals surface area contributed by atoms with Crippen LogP contribution in [0.4, 0.5) is 0 Å². The largest absolute Gasteiger partial charge is 0.489 e. The second-order valence-electron chi connectivity index (χ2n) is 2.64. The van der Waals surface area contributed by atoms with E-state index in [1.807, 2.05) is 0 Å². The Hall–Kier alpha value is -0.845. The van der Waals surface area contributed by atoms with Gasteiger partial charge in [0, 0.05) is 10.0 Å². The molecule has 0 saturated carbocycles. The number of hydrogen-bond donors (Lipinski definition) is 3. The van der Waals surface area contributed by atoms with E-state index in [0.29, 0.717) is 15.5 Å². The van der Waals surface area contributed by atoms with Gasteiger partial charge in [-0.25, -0.2) is 0 Å². The van der Waals surface area contributed by atoms with Crippen LogP contribution in [-0.4, -0.2) is 30.2 Å². The van der Waals surface area contributed by atoms with Gasteiger partial charge in [-0.2, -0.15) is 0 Å². The molecule has 0 aliphatic rings. The summed E-state index contributed by atoms with van der Waals surface area (Å²) < 4.78 is 5.26. The van der Waals surface area contributed by atoms with Gasteiger partial charge >= 0.3 is 7.12 Å². The lowest BCUT2D eigenvalue weighted by atomic mass is 9.80. The molecule has 1 aromatic carbocycles. The number of halogens is 1. The molecule has 0 aliphatic carbocycles. The molecule has 1 aromatic rings. The highest BCUT2D eigenvalue weighted by Gasteiger charge is 2.15. The number of nitrogens with one attached hydrogen (secondary N) is 1. The molecule has 3 N–H and O–H groups in total. The first-order valence-corrected chi connectivity index (χ1v) is 4.64. The fourth-order valence-electron chi connectivity index (χ4n) is 0.996. The van der Waals surface area contributed by atoms with Gasteiger partial charge in [-0.1, -0.05) is 22.0 Å². The van der Waals surface area contributed by atoms with E-state index in [1.165, 1.54) is 13.2 Å². The normalized spacial score (nSPS) is 9.71. The second-order valence-corrected chi connectivity index (χ2v) is 3.50. The zero-order chi connectivity index (χ0) is 10.7. The molecule has 14 heavy (non-hydrogen) atoms. The quantitative estimate of drug-likeness (QED) is 0.400. The summed E-state index contributed by atoms with van der Waals surface area (Å²) in [5.41, 5.74) is 0.932. The maximum Gasteiger partial charge on any atom is 0.489 e. The third-order valence-electron chi connectivity index (χ3n) is 1.74. The van der Waals surface area contributed by atoms with Crippen LogP contribution in [0.25, 0.3) is 0 Å². The lowest BCUT2D eigenvalue weighted by molar-refractivity contribution is 0.401. The Kier molecular flexibility index (Phi) is 3.68. The van der Waals surface area contributed by atoms with Crippen LogP contribution >= 0.6 is 15.9 Å². The summed E-state index contributed by atoms with van der Waals surface area (Å²) in [6.45, 7) is 0. The van der Waals surface area contributed by atoms with Crippen molar-refractivity contribution >= 4 is 34.4 Å². The smallest absolute Gasteiger partial charge is 0.481 e. The van der Waals surface area contributed by atoms with Crippen LogP contribution < -0.4 is 5.46 Å². The molecular formula is C8H9BBrNO3. The van der Waals surface area contributed by atoms with Gasteiger partial charge in [0.05, 0.1) is 7.11 Å². The molecule has 0 heterocycles. The molecular weight excluding hydrogens is 249 g/mol. The molecule has 1 rings (SSSR count). The van der Waals surface area contributed by atoms with Gasteiger partial charge in [0.2, 0.25) is 5.90 Å². The van der Waals surface area contributed by atoms with Crippen molar-refractivity contribution in [3.63, 3.8) is 0 Å². The Morgan fingerprint density at radius 2 is 2.14 bits per heavy atom. The van der Waals surface area contributed by atoms with Crippen molar-refractivity contribution in [2.45, 2.75) is 0 Å². The average Bonchev–Trinajstić information content (AvgIpc) is 2.15. The minimum Gasteiger partial charge on any atom is -0.481 e. The molecule has 0 atom stereocenters. The summed E-state index contributed by atoms with van der Waals surface area (Å²) in [5.74, 6) is 0.0321. The minimum atomic E-state index is -1.52. The number of methoxy groups -OCH3 is 1. The van der Waals surface area contributed by atoms with Crippen molar-refractivity contribution in [1.29, 1.82) is 5.41 Å². The third kappa shape index (κ3) is 2.34. The zero-order valence-corrected chi connectivity index (χ0v) is 9.08. The molecule has 0 saturated heterocycles. The molecule has 0 aromatic heterocycles. The van der Waals surface area contributed by atoms with Crippen molar-refractivity contribution in [2.24, 2.45) is 0 Å². The molecule has 4 nitrogen and oxygen atoms in total. The van der Waals surface area contributed by atoms with E-state index in [1.54, 1.807) is 12.1 Å². The first-order valence-electron chi connectivity index (χ1n) is 3.84. The van der Waals surface area contributed by atoms with E-state index in [-0.39, 0.29) is 5.90 Å². The van der Waals surface area contributed by atoms with E-state index >= 15 is 0 Å². The SMILES string of the molecule is COC(=N)c1ccc(B(O)O)c(Br)c1. The van der Waals surface area contributed by atoms with Crippen molar-refractivity contribution in [3.8, 4) is 0 Å². The van der Waals surface area contributed by atoms with Crippen LogP contribution in [-0.2, 0) is 4.74 Å². The molecule has 0 spiro atoms. The van der Waals surface area contributed by atoms with Crippen molar-refractivity contribution < 1.29 is 14.8 Å². The predicted octanol–water partition coefficient (Wildman–Crippen LogP) is 0.101. The highest BCUT2D eigenvalue weighted by molar-refractivity contribution is 9.10. The summed E-state index contributed by atoms with van der Waals surface area (Å²) in [6.07, 6.45) is 0. The van der Waals surface area contributed by atoms with Gasteiger partial charge in [0.25, 0.3) is 0 Å². The Morgan fingerprint density at radius 1 is 1.50 bits per heavy atom. The van der Waals surface area contributed by atoms with Gasteiger partial charge < -0.3 is 14.8 Å². The molecule has 0 unspecified atom stereocenters. The Morgan fingerprint density at radius 3 is 2.57 bits per heavy atom. The van der Waals surface area contributed by atoms with E-state index in [2.05, 4.69) is 15.9 Å². The van der Waals surface area contributed by atoms with Gasteiger partial charge in [0.1, 0.15) is 0 Å². The highest BCUT2D eigenvalue weighted by atomic mass is 79.9. The first-order chi connectivity index (χ1) is 6.56. The Labute approximate surface area is 90.3 Å². The van der Waals surface area contributed by atoms with Crippen LogP contribution in [0.15, 0.2) is 22.7 Å². The summed E-state index contributed by atoms with van der Waals surface area (Å²) >= 11 is 3.17. The molecule has 0 amide bonds. The fourth-order valence-corrected chi connectivity index (χ4v) is 1.58. The van der Waals surface area contributed by atoms with Gasteiger partial charge in [0.15, 0.2) is 0 Å².